The number of hydrogen-bond donors (Lipinski definition) is 0. The van der Waals surface area contributed by atoms with E-state index < -0.39 is 0 Å². The second kappa shape index (κ2) is 10.5. The third-order valence-corrected chi connectivity index (χ3v) is 6.89. The zero-order chi connectivity index (χ0) is 25.1. The van der Waals surface area contributed by atoms with Crippen LogP contribution in [0.25, 0.3) is 0 Å². The van der Waals surface area contributed by atoms with Gasteiger partial charge in [0, 0.05) is 38.5 Å². The van der Waals surface area contributed by atoms with Crippen LogP contribution in [0.3, 0.4) is 0 Å². The Morgan fingerprint density at radius 3 is 2.56 bits per heavy atom. The van der Waals surface area contributed by atoms with E-state index in [0.29, 0.717) is 43.6 Å². The van der Waals surface area contributed by atoms with Crippen molar-refractivity contribution in [2.24, 2.45) is 5.92 Å². The molecule has 2 aromatic carbocycles. The number of amides is 2. The third-order valence-electron chi connectivity index (χ3n) is 6.89. The molecule has 188 valence electrons. The summed E-state index contributed by atoms with van der Waals surface area (Å²) < 4.78 is 23.9. The van der Waals surface area contributed by atoms with Gasteiger partial charge in [-0.1, -0.05) is 35.0 Å². The molecule has 0 N–H and O–H groups in total. The topological polar surface area (TPSA) is 88.8 Å². The Balaban J connectivity index is 1.10. The molecule has 3 heterocycles. The van der Waals surface area contributed by atoms with Gasteiger partial charge in [0.15, 0.2) is 12.4 Å². The van der Waals surface area contributed by atoms with Gasteiger partial charge in [-0.3, -0.25) is 9.59 Å². The summed E-state index contributed by atoms with van der Waals surface area (Å²) in [5, 5.41) is 4.10. The summed E-state index contributed by atoms with van der Waals surface area (Å²) in [6.07, 6.45) is 1.74. The van der Waals surface area contributed by atoms with Crippen molar-refractivity contribution >= 4 is 11.8 Å². The van der Waals surface area contributed by atoms with Crippen molar-refractivity contribution in [1.82, 2.24) is 19.9 Å². The fraction of sp³-hybridized carbons (Fsp3) is 0.407. The summed E-state index contributed by atoms with van der Waals surface area (Å²) in [5.74, 6) is 1.05. The molecule has 0 radical (unpaired) electrons. The van der Waals surface area contributed by atoms with Gasteiger partial charge >= 0.3 is 0 Å². The van der Waals surface area contributed by atoms with E-state index in [9.17, 15) is 14.0 Å². The van der Waals surface area contributed by atoms with Crippen molar-refractivity contribution in [3.63, 3.8) is 0 Å². The van der Waals surface area contributed by atoms with Gasteiger partial charge in [0.2, 0.25) is 11.8 Å². The van der Waals surface area contributed by atoms with Crippen LogP contribution in [-0.4, -0.2) is 51.4 Å². The highest BCUT2D eigenvalue weighted by Crippen LogP contribution is 2.29. The van der Waals surface area contributed by atoms with E-state index in [1.807, 2.05) is 36.1 Å². The fourth-order valence-corrected chi connectivity index (χ4v) is 4.79. The Hall–Kier alpha value is -3.75. The standard InChI is InChI=1S/C27H29FN4O4/c1-18-2-4-19(5-3-18)15-32-16-21(14-25(32)33)27(34)31-12-10-20(11-13-31)26-29-24(36-30-26)17-35-23-8-6-22(28)7-9-23/h2-9,20-21H,10-17H2,1H3. The zero-order valence-electron chi connectivity index (χ0n) is 20.2. The molecule has 8 nitrogen and oxygen atoms in total. The molecule has 5 rings (SSSR count). The Morgan fingerprint density at radius 2 is 1.83 bits per heavy atom. The molecule has 0 spiro atoms. The van der Waals surface area contributed by atoms with Crippen LogP contribution < -0.4 is 4.74 Å². The number of aryl methyl sites for hydroxylation is 1. The summed E-state index contributed by atoms with van der Waals surface area (Å²) in [5.41, 5.74) is 2.25. The summed E-state index contributed by atoms with van der Waals surface area (Å²) in [6.45, 7) is 4.34. The Morgan fingerprint density at radius 1 is 1.11 bits per heavy atom. The minimum absolute atomic E-state index is 0.0333. The number of halogens is 1. The Bertz CT molecular complexity index is 1200. The summed E-state index contributed by atoms with van der Waals surface area (Å²) >= 11 is 0. The minimum atomic E-state index is -0.327. The predicted molar refractivity (Wildman–Crippen MR) is 128 cm³/mol. The fourth-order valence-electron chi connectivity index (χ4n) is 4.79. The molecule has 2 aliphatic rings. The highest BCUT2D eigenvalue weighted by molar-refractivity contribution is 5.89. The molecule has 36 heavy (non-hydrogen) atoms. The van der Waals surface area contributed by atoms with Gasteiger partial charge in [-0.15, -0.1) is 0 Å². The van der Waals surface area contributed by atoms with Crippen LogP contribution in [0.1, 0.15) is 48.0 Å². The number of carbonyl (C=O) groups is 2. The van der Waals surface area contributed by atoms with Crippen molar-refractivity contribution in [3.8, 4) is 5.75 Å². The van der Waals surface area contributed by atoms with Crippen molar-refractivity contribution in [3.05, 3.63) is 77.2 Å². The lowest BCUT2D eigenvalue weighted by atomic mass is 9.95. The van der Waals surface area contributed by atoms with Gasteiger partial charge < -0.3 is 19.1 Å². The van der Waals surface area contributed by atoms with Gasteiger partial charge in [-0.05, 0) is 49.6 Å². The lowest BCUT2D eigenvalue weighted by Crippen LogP contribution is -2.42. The lowest BCUT2D eigenvalue weighted by Gasteiger charge is -2.32. The van der Waals surface area contributed by atoms with Crippen LogP contribution >= 0.6 is 0 Å². The van der Waals surface area contributed by atoms with Crippen molar-refractivity contribution in [2.45, 2.75) is 45.3 Å². The maximum absolute atomic E-state index is 13.1. The Labute approximate surface area is 209 Å². The smallest absolute Gasteiger partial charge is 0.264 e. The van der Waals surface area contributed by atoms with E-state index in [2.05, 4.69) is 10.1 Å². The maximum atomic E-state index is 13.1. The first-order chi connectivity index (χ1) is 17.4. The SMILES string of the molecule is Cc1ccc(CN2CC(C(=O)N3CCC(c4noc(COc5ccc(F)cc5)n4)CC3)CC2=O)cc1. The number of aromatic nitrogens is 2. The molecule has 1 aromatic heterocycles. The van der Waals surface area contributed by atoms with Crippen molar-refractivity contribution in [1.29, 1.82) is 0 Å². The van der Waals surface area contributed by atoms with Crippen LogP contribution in [0.2, 0.25) is 0 Å². The molecule has 0 bridgehead atoms. The van der Waals surface area contributed by atoms with Crippen LogP contribution in [-0.2, 0) is 22.7 Å². The lowest BCUT2D eigenvalue weighted by molar-refractivity contribution is -0.136. The van der Waals surface area contributed by atoms with E-state index in [4.69, 9.17) is 9.26 Å². The molecule has 2 saturated heterocycles. The molecule has 9 heteroatoms. The molecule has 2 fully saturated rings. The molecular weight excluding hydrogens is 463 g/mol. The first-order valence-corrected chi connectivity index (χ1v) is 12.3. The number of benzene rings is 2. The summed E-state index contributed by atoms with van der Waals surface area (Å²) in [7, 11) is 0. The van der Waals surface area contributed by atoms with Crippen molar-refractivity contribution in [2.75, 3.05) is 19.6 Å². The monoisotopic (exact) mass is 492 g/mol. The number of likely N-dealkylation sites (tertiary alicyclic amines) is 2. The molecule has 1 atom stereocenters. The van der Waals surface area contributed by atoms with Gasteiger partial charge in [0.1, 0.15) is 11.6 Å². The predicted octanol–water partition coefficient (Wildman–Crippen LogP) is 3.85. The number of ether oxygens (including phenoxy) is 1. The highest BCUT2D eigenvalue weighted by atomic mass is 19.1. The number of carbonyl (C=O) groups excluding carboxylic acids is 2. The quantitative estimate of drug-likeness (QED) is 0.498. The molecule has 1 unspecified atom stereocenters. The van der Waals surface area contributed by atoms with E-state index in [0.717, 1.165) is 18.4 Å². The maximum Gasteiger partial charge on any atom is 0.264 e. The second-order valence-electron chi connectivity index (χ2n) is 9.55. The zero-order valence-corrected chi connectivity index (χ0v) is 20.2. The van der Waals surface area contributed by atoms with Crippen molar-refractivity contribution < 1.29 is 23.2 Å². The largest absolute Gasteiger partial charge is 0.484 e. The van der Waals surface area contributed by atoms with Gasteiger partial charge in [-0.2, -0.15) is 4.98 Å². The van der Waals surface area contributed by atoms with E-state index in [1.165, 1.54) is 17.7 Å². The molecule has 3 aromatic rings. The number of rotatable bonds is 7. The molecule has 0 saturated carbocycles. The normalized spacial score (nSPS) is 18.6. The van der Waals surface area contributed by atoms with Gasteiger partial charge in [-0.25, -0.2) is 4.39 Å². The first kappa shape index (κ1) is 24.0. The van der Waals surface area contributed by atoms with Gasteiger partial charge in [0.05, 0.1) is 5.92 Å². The van der Waals surface area contributed by atoms with E-state index >= 15 is 0 Å². The summed E-state index contributed by atoms with van der Waals surface area (Å²) in [6, 6.07) is 13.9. The van der Waals surface area contributed by atoms with Gasteiger partial charge in [0.25, 0.3) is 5.89 Å². The number of piperidine rings is 1. The van der Waals surface area contributed by atoms with E-state index in [-0.39, 0.29) is 42.5 Å². The van der Waals surface area contributed by atoms with Crippen LogP contribution in [0.4, 0.5) is 4.39 Å². The van der Waals surface area contributed by atoms with Crippen LogP contribution in [0, 0.1) is 18.7 Å². The molecule has 0 aliphatic carbocycles. The third kappa shape index (κ3) is 5.56. The van der Waals surface area contributed by atoms with Crippen LogP contribution in [0.15, 0.2) is 53.1 Å². The summed E-state index contributed by atoms with van der Waals surface area (Å²) in [4.78, 5) is 33.8. The minimum Gasteiger partial charge on any atom is -0.484 e. The Kier molecular flexibility index (Phi) is 6.97. The highest BCUT2D eigenvalue weighted by Gasteiger charge is 2.38. The molecular formula is C27H29FN4O4. The number of hydrogen-bond acceptors (Lipinski definition) is 6. The first-order valence-electron chi connectivity index (χ1n) is 12.3. The van der Waals surface area contributed by atoms with E-state index in [1.54, 1.807) is 17.0 Å². The average molecular weight is 493 g/mol. The van der Waals surface area contributed by atoms with Crippen LogP contribution in [0.5, 0.6) is 5.75 Å². The molecule has 2 aliphatic heterocycles. The average Bonchev–Trinajstić information content (AvgIpc) is 3.51. The molecule has 2 amide bonds. The second-order valence-corrected chi connectivity index (χ2v) is 9.55. The number of nitrogens with zero attached hydrogens (tertiary/aromatic N) is 4.